The number of ether oxygens (including phenoxy) is 1. The molecule has 0 heterocycles. The normalized spacial score (nSPS) is 16.8. The van der Waals surface area contributed by atoms with Gasteiger partial charge in [0.15, 0.2) is 0 Å². The van der Waals surface area contributed by atoms with Crippen LogP contribution in [0.25, 0.3) is 0 Å². The van der Waals surface area contributed by atoms with E-state index in [9.17, 15) is 8.42 Å². The molecule has 1 aliphatic rings. The van der Waals surface area contributed by atoms with Gasteiger partial charge in [-0.05, 0) is 36.8 Å². The predicted octanol–water partition coefficient (Wildman–Crippen LogP) is 2.28. The second kappa shape index (κ2) is 6.12. The van der Waals surface area contributed by atoms with E-state index in [0.29, 0.717) is 17.1 Å². The lowest BCUT2D eigenvalue weighted by Gasteiger charge is -2.17. The van der Waals surface area contributed by atoms with Crippen LogP contribution in [0.4, 0.5) is 0 Å². The number of methoxy groups -OCH3 is 1. The van der Waals surface area contributed by atoms with Gasteiger partial charge in [0.1, 0.15) is 10.6 Å². The molecule has 0 amide bonds. The summed E-state index contributed by atoms with van der Waals surface area (Å²) in [6.07, 6.45) is 3.09. The maximum Gasteiger partial charge on any atom is 0.244 e. The van der Waals surface area contributed by atoms with E-state index in [-0.39, 0.29) is 22.6 Å². The molecule has 1 saturated carbocycles. The van der Waals surface area contributed by atoms with Gasteiger partial charge < -0.3 is 10.5 Å². The van der Waals surface area contributed by atoms with E-state index in [1.165, 1.54) is 13.2 Å². The van der Waals surface area contributed by atoms with Gasteiger partial charge >= 0.3 is 0 Å². The number of benzene rings is 1. The van der Waals surface area contributed by atoms with E-state index >= 15 is 0 Å². The smallest absolute Gasteiger partial charge is 0.244 e. The van der Waals surface area contributed by atoms with Crippen molar-refractivity contribution in [1.82, 2.24) is 4.72 Å². The van der Waals surface area contributed by atoms with Crippen molar-refractivity contribution >= 4 is 21.6 Å². The Morgan fingerprint density at radius 3 is 2.57 bits per heavy atom. The van der Waals surface area contributed by atoms with E-state index in [4.69, 9.17) is 22.1 Å². The summed E-state index contributed by atoms with van der Waals surface area (Å²) in [6.45, 7) is 2.68. The topological polar surface area (TPSA) is 81.4 Å². The summed E-state index contributed by atoms with van der Waals surface area (Å²) in [5, 5.41) is 0.327. The lowest BCUT2D eigenvalue weighted by atomic mass is 10.1. The van der Waals surface area contributed by atoms with Crippen LogP contribution in [0.5, 0.6) is 5.75 Å². The predicted molar refractivity (Wildman–Crippen MR) is 83.0 cm³/mol. The van der Waals surface area contributed by atoms with Crippen LogP contribution in [0.2, 0.25) is 5.02 Å². The molecular weight excluding hydrogens is 312 g/mol. The van der Waals surface area contributed by atoms with E-state index < -0.39 is 10.0 Å². The average molecular weight is 333 g/mol. The van der Waals surface area contributed by atoms with Crippen LogP contribution < -0.4 is 15.2 Å². The Balaban J connectivity index is 2.32. The molecule has 1 fully saturated rings. The van der Waals surface area contributed by atoms with Crippen LogP contribution in [-0.4, -0.2) is 22.1 Å². The van der Waals surface area contributed by atoms with E-state index in [0.717, 1.165) is 19.3 Å². The summed E-state index contributed by atoms with van der Waals surface area (Å²) >= 11 is 5.99. The zero-order valence-corrected chi connectivity index (χ0v) is 13.9. The standard InChI is InChI=1S/C14H21ClN2O3S/c1-3-14(4-5-14)9-17-21(18,19)12-7-11(15)6-10(8-16)13(12)20-2/h6-7,17H,3-5,8-9,16H2,1-2H3. The molecule has 21 heavy (non-hydrogen) atoms. The second-order valence-corrected chi connectivity index (χ2v) is 7.65. The lowest BCUT2D eigenvalue weighted by molar-refractivity contribution is 0.396. The van der Waals surface area contributed by atoms with Crippen molar-refractivity contribution < 1.29 is 13.2 Å². The molecule has 3 N–H and O–H groups in total. The molecule has 0 aliphatic heterocycles. The van der Waals surface area contributed by atoms with Crippen molar-refractivity contribution in [2.24, 2.45) is 11.1 Å². The summed E-state index contributed by atoms with van der Waals surface area (Å²) in [5.41, 5.74) is 6.32. The number of halogens is 1. The van der Waals surface area contributed by atoms with Gasteiger partial charge in [-0.15, -0.1) is 0 Å². The number of nitrogens with two attached hydrogens (primary N) is 1. The maximum absolute atomic E-state index is 12.5. The highest BCUT2D eigenvalue weighted by Gasteiger charge is 2.41. The largest absolute Gasteiger partial charge is 0.495 e. The molecule has 118 valence electrons. The highest BCUT2D eigenvalue weighted by atomic mass is 35.5. The summed E-state index contributed by atoms with van der Waals surface area (Å²) in [5.74, 6) is 0.260. The fourth-order valence-electron chi connectivity index (χ4n) is 2.36. The van der Waals surface area contributed by atoms with Gasteiger partial charge in [0.05, 0.1) is 7.11 Å². The quantitative estimate of drug-likeness (QED) is 0.802. The van der Waals surface area contributed by atoms with Crippen LogP contribution in [0.1, 0.15) is 31.7 Å². The Hall–Kier alpha value is -0.820. The number of hydrogen-bond donors (Lipinski definition) is 2. The first-order valence-corrected chi connectivity index (χ1v) is 8.80. The van der Waals surface area contributed by atoms with Crippen LogP contribution in [0, 0.1) is 5.41 Å². The first-order valence-electron chi connectivity index (χ1n) is 6.93. The van der Waals surface area contributed by atoms with Crippen molar-refractivity contribution in [2.75, 3.05) is 13.7 Å². The van der Waals surface area contributed by atoms with Crippen molar-refractivity contribution in [1.29, 1.82) is 0 Å². The van der Waals surface area contributed by atoms with Crippen LogP contribution in [-0.2, 0) is 16.6 Å². The van der Waals surface area contributed by atoms with Crippen molar-refractivity contribution in [3.63, 3.8) is 0 Å². The van der Waals surface area contributed by atoms with E-state index in [1.807, 2.05) is 0 Å². The highest BCUT2D eigenvalue weighted by Crippen LogP contribution is 2.48. The fraction of sp³-hybridized carbons (Fsp3) is 0.571. The van der Waals surface area contributed by atoms with Gasteiger partial charge in [0.2, 0.25) is 10.0 Å². The molecule has 1 aromatic rings. The molecule has 0 radical (unpaired) electrons. The fourth-order valence-corrected chi connectivity index (χ4v) is 4.06. The molecule has 2 rings (SSSR count). The van der Waals surface area contributed by atoms with E-state index in [2.05, 4.69) is 11.6 Å². The molecule has 0 spiro atoms. The monoisotopic (exact) mass is 332 g/mol. The summed E-state index contributed by atoms with van der Waals surface area (Å²) in [7, 11) is -2.25. The first-order chi connectivity index (χ1) is 9.87. The Morgan fingerprint density at radius 1 is 1.43 bits per heavy atom. The Morgan fingerprint density at radius 2 is 2.10 bits per heavy atom. The molecule has 1 aromatic carbocycles. The summed E-state index contributed by atoms with van der Waals surface area (Å²) in [4.78, 5) is 0.0462. The molecule has 0 aromatic heterocycles. The molecule has 5 nitrogen and oxygen atoms in total. The number of sulfonamides is 1. The third kappa shape index (κ3) is 3.51. The molecular formula is C14H21ClN2O3S. The minimum atomic E-state index is -3.68. The molecule has 0 saturated heterocycles. The Kier molecular flexibility index (Phi) is 4.82. The van der Waals surface area contributed by atoms with E-state index in [1.54, 1.807) is 6.07 Å². The van der Waals surface area contributed by atoms with Gasteiger partial charge in [-0.3, -0.25) is 0 Å². The minimum Gasteiger partial charge on any atom is -0.495 e. The van der Waals surface area contributed by atoms with Crippen LogP contribution in [0.3, 0.4) is 0 Å². The number of rotatable bonds is 7. The SMILES string of the molecule is CCC1(CNS(=O)(=O)c2cc(Cl)cc(CN)c2OC)CC1. The average Bonchev–Trinajstić information content (AvgIpc) is 3.25. The Bertz CT molecular complexity index is 627. The number of nitrogens with one attached hydrogen (secondary N) is 1. The zero-order chi connectivity index (χ0) is 15.7. The summed E-state index contributed by atoms with van der Waals surface area (Å²) < 4.78 is 33.0. The van der Waals surface area contributed by atoms with Gasteiger partial charge in [0.25, 0.3) is 0 Å². The van der Waals surface area contributed by atoms with Crippen LogP contribution >= 0.6 is 11.6 Å². The zero-order valence-electron chi connectivity index (χ0n) is 12.3. The third-order valence-corrected chi connectivity index (χ3v) is 5.78. The van der Waals surface area contributed by atoms with Gasteiger partial charge in [-0.2, -0.15) is 0 Å². The van der Waals surface area contributed by atoms with Gasteiger partial charge in [-0.25, -0.2) is 13.1 Å². The maximum atomic E-state index is 12.5. The van der Waals surface area contributed by atoms with Gasteiger partial charge in [-0.1, -0.05) is 18.5 Å². The van der Waals surface area contributed by atoms with Crippen LogP contribution in [0.15, 0.2) is 17.0 Å². The van der Waals surface area contributed by atoms with Crippen molar-refractivity contribution in [3.05, 3.63) is 22.7 Å². The second-order valence-electron chi connectivity index (χ2n) is 5.48. The molecule has 7 heteroatoms. The highest BCUT2D eigenvalue weighted by molar-refractivity contribution is 7.89. The third-order valence-electron chi connectivity index (χ3n) is 4.15. The molecule has 1 aliphatic carbocycles. The van der Waals surface area contributed by atoms with Crippen molar-refractivity contribution in [2.45, 2.75) is 37.6 Å². The van der Waals surface area contributed by atoms with Gasteiger partial charge in [0, 0.05) is 23.7 Å². The minimum absolute atomic E-state index is 0.0462. The first kappa shape index (κ1) is 16.5. The molecule has 0 atom stereocenters. The molecule has 0 bridgehead atoms. The molecule has 0 unspecified atom stereocenters. The number of hydrogen-bond acceptors (Lipinski definition) is 4. The van der Waals surface area contributed by atoms with Crippen molar-refractivity contribution in [3.8, 4) is 5.75 Å². The lowest BCUT2D eigenvalue weighted by Crippen LogP contribution is -2.30. The summed E-state index contributed by atoms with van der Waals surface area (Å²) in [6, 6.07) is 3.02. The Labute approximate surface area is 130 Å².